The number of benzene rings is 2. The van der Waals surface area contributed by atoms with Gasteiger partial charge in [0, 0.05) is 17.3 Å². The molecule has 2 rings (SSSR count). The van der Waals surface area contributed by atoms with Crippen LogP contribution in [0.15, 0.2) is 60.7 Å². The van der Waals surface area contributed by atoms with E-state index in [0.29, 0.717) is 5.92 Å². The maximum absolute atomic E-state index is 5.75. The van der Waals surface area contributed by atoms with Gasteiger partial charge in [-0.05, 0) is 48.7 Å². The first-order valence-electron chi connectivity index (χ1n) is 6.41. The summed E-state index contributed by atoms with van der Waals surface area (Å²) in [5, 5.41) is 0. The van der Waals surface area contributed by atoms with Crippen molar-refractivity contribution < 1.29 is 0 Å². The van der Waals surface area contributed by atoms with Gasteiger partial charge in [0.1, 0.15) is 0 Å². The lowest BCUT2D eigenvalue weighted by molar-refractivity contribution is 0.798. The Morgan fingerprint density at radius 2 is 1.26 bits per heavy atom. The molecule has 0 fully saturated rings. The molecule has 4 N–H and O–H groups in total. The average molecular weight is 252 g/mol. The van der Waals surface area contributed by atoms with Crippen molar-refractivity contribution in [1.29, 1.82) is 0 Å². The lowest BCUT2D eigenvalue weighted by Gasteiger charge is -2.18. The first-order valence-corrected chi connectivity index (χ1v) is 6.41. The van der Waals surface area contributed by atoms with Crippen molar-refractivity contribution >= 4 is 11.4 Å². The fourth-order valence-corrected chi connectivity index (χ4v) is 2.23. The minimum Gasteiger partial charge on any atom is -0.399 e. The van der Waals surface area contributed by atoms with Crippen molar-refractivity contribution in [3.8, 4) is 0 Å². The van der Waals surface area contributed by atoms with Crippen LogP contribution in [-0.4, -0.2) is 0 Å². The summed E-state index contributed by atoms with van der Waals surface area (Å²) in [7, 11) is 0. The quantitative estimate of drug-likeness (QED) is 0.639. The minimum absolute atomic E-state index is 0.304. The summed E-state index contributed by atoms with van der Waals surface area (Å²) in [6, 6.07) is 16.1. The monoisotopic (exact) mass is 252 g/mol. The summed E-state index contributed by atoms with van der Waals surface area (Å²) >= 11 is 0. The number of rotatable bonds is 4. The van der Waals surface area contributed by atoms with E-state index in [1.807, 2.05) is 24.3 Å². The van der Waals surface area contributed by atoms with Gasteiger partial charge >= 0.3 is 0 Å². The number of hydrogen-bond acceptors (Lipinski definition) is 2. The lowest BCUT2D eigenvalue weighted by atomic mass is 9.86. The molecule has 0 heterocycles. The Hall–Kier alpha value is -2.22. The van der Waals surface area contributed by atoms with E-state index in [0.717, 1.165) is 17.8 Å². The highest BCUT2D eigenvalue weighted by Crippen LogP contribution is 2.31. The van der Waals surface area contributed by atoms with Crippen molar-refractivity contribution in [1.82, 2.24) is 0 Å². The molecule has 0 atom stereocenters. The molecule has 2 heteroatoms. The normalized spacial score (nSPS) is 10.6. The molecule has 98 valence electrons. The van der Waals surface area contributed by atoms with Crippen LogP contribution in [0.1, 0.15) is 30.4 Å². The highest BCUT2D eigenvalue weighted by Gasteiger charge is 2.14. The molecule has 0 aliphatic heterocycles. The van der Waals surface area contributed by atoms with Gasteiger partial charge in [0.2, 0.25) is 0 Å². The van der Waals surface area contributed by atoms with Crippen LogP contribution in [0.2, 0.25) is 0 Å². The van der Waals surface area contributed by atoms with Crippen molar-refractivity contribution in [2.45, 2.75) is 19.3 Å². The zero-order valence-electron chi connectivity index (χ0n) is 11.3. The number of anilines is 2. The highest BCUT2D eigenvalue weighted by molar-refractivity contribution is 5.46. The van der Waals surface area contributed by atoms with E-state index >= 15 is 0 Å². The fraction of sp³-hybridized carbons (Fsp3) is 0.176. The van der Waals surface area contributed by atoms with Crippen LogP contribution >= 0.6 is 0 Å². The average Bonchev–Trinajstić information content (AvgIpc) is 2.38. The second kappa shape index (κ2) is 5.61. The van der Waals surface area contributed by atoms with Gasteiger partial charge in [0.15, 0.2) is 0 Å². The second-order valence-electron chi connectivity index (χ2n) is 5.05. The zero-order chi connectivity index (χ0) is 13.8. The molecule has 0 saturated carbocycles. The fourth-order valence-electron chi connectivity index (χ4n) is 2.23. The Labute approximate surface area is 114 Å². The summed E-state index contributed by atoms with van der Waals surface area (Å²) < 4.78 is 0. The number of allylic oxidation sites excluding steroid dienone is 1. The van der Waals surface area contributed by atoms with Gasteiger partial charge in [-0.15, -0.1) is 6.58 Å². The van der Waals surface area contributed by atoms with Gasteiger partial charge in [0.05, 0.1) is 0 Å². The Morgan fingerprint density at radius 3 is 1.58 bits per heavy atom. The third kappa shape index (κ3) is 3.38. The van der Waals surface area contributed by atoms with Crippen LogP contribution in [0, 0.1) is 0 Å². The Morgan fingerprint density at radius 1 is 0.895 bits per heavy atom. The van der Waals surface area contributed by atoms with E-state index in [2.05, 4.69) is 37.8 Å². The number of hydrogen-bond donors (Lipinski definition) is 2. The first kappa shape index (κ1) is 13.2. The summed E-state index contributed by atoms with van der Waals surface area (Å²) in [4.78, 5) is 0. The Kier molecular flexibility index (Phi) is 3.91. The molecular weight excluding hydrogens is 232 g/mol. The third-order valence-electron chi connectivity index (χ3n) is 3.23. The summed E-state index contributed by atoms with van der Waals surface area (Å²) in [6.07, 6.45) is 0.924. The Bertz CT molecular complexity index is 507. The van der Waals surface area contributed by atoms with E-state index in [-0.39, 0.29) is 0 Å². The van der Waals surface area contributed by atoms with E-state index < -0.39 is 0 Å². The molecule has 2 aromatic rings. The minimum atomic E-state index is 0.304. The summed E-state index contributed by atoms with van der Waals surface area (Å²) in [5.41, 5.74) is 16.7. The second-order valence-corrected chi connectivity index (χ2v) is 5.05. The number of nitrogen functional groups attached to an aromatic ring is 2. The topological polar surface area (TPSA) is 52.0 Å². The molecule has 0 aliphatic rings. The molecule has 0 bridgehead atoms. The molecule has 2 aromatic carbocycles. The maximum atomic E-state index is 5.75. The van der Waals surface area contributed by atoms with Gasteiger partial charge in [-0.1, -0.05) is 29.8 Å². The molecule has 0 spiro atoms. The molecule has 19 heavy (non-hydrogen) atoms. The molecule has 0 amide bonds. The maximum Gasteiger partial charge on any atom is 0.0314 e. The first-order chi connectivity index (χ1) is 9.06. The van der Waals surface area contributed by atoms with Gasteiger partial charge in [-0.25, -0.2) is 0 Å². The van der Waals surface area contributed by atoms with E-state index in [4.69, 9.17) is 11.5 Å². The van der Waals surface area contributed by atoms with Crippen LogP contribution in [0.4, 0.5) is 11.4 Å². The third-order valence-corrected chi connectivity index (χ3v) is 3.23. The molecule has 0 unspecified atom stereocenters. The van der Waals surface area contributed by atoms with Crippen LogP contribution in [0.5, 0.6) is 0 Å². The van der Waals surface area contributed by atoms with Crippen molar-refractivity contribution in [2.75, 3.05) is 11.5 Å². The molecule has 0 aromatic heterocycles. The SMILES string of the molecule is C=C(C)CC(c1ccc(N)cc1)c1ccc(N)cc1. The van der Waals surface area contributed by atoms with Crippen molar-refractivity contribution in [3.05, 3.63) is 71.8 Å². The van der Waals surface area contributed by atoms with Gasteiger partial charge in [-0.3, -0.25) is 0 Å². The van der Waals surface area contributed by atoms with Crippen LogP contribution in [-0.2, 0) is 0 Å². The smallest absolute Gasteiger partial charge is 0.0314 e. The van der Waals surface area contributed by atoms with E-state index in [1.54, 1.807) is 0 Å². The van der Waals surface area contributed by atoms with Crippen molar-refractivity contribution in [2.24, 2.45) is 0 Å². The van der Waals surface area contributed by atoms with Crippen LogP contribution in [0.3, 0.4) is 0 Å². The van der Waals surface area contributed by atoms with Crippen molar-refractivity contribution in [3.63, 3.8) is 0 Å². The molecule has 0 radical (unpaired) electrons. The van der Waals surface area contributed by atoms with Gasteiger partial charge in [-0.2, -0.15) is 0 Å². The zero-order valence-corrected chi connectivity index (χ0v) is 11.3. The molecule has 2 nitrogen and oxygen atoms in total. The summed E-state index contributed by atoms with van der Waals surface area (Å²) in [5.74, 6) is 0.304. The molecule has 0 saturated heterocycles. The van der Waals surface area contributed by atoms with Crippen LogP contribution in [0.25, 0.3) is 0 Å². The Balaban J connectivity index is 2.37. The predicted molar refractivity (Wildman–Crippen MR) is 83.0 cm³/mol. The highest BCUT2D eigenvalue weighted by atomic mass is 14.5. The van der Waals surface area contributed by atoms with E-state index in [1.165, 1.54) is 16.7 Å². The van der Waals surface area contributed by atoms with E-state index in [9.17, 15) is 0 Å². The van der Waals surface area contributed by atoms with Crippen LogP contribution < -0.4 is 11.5 Å². The molecule has 0 aliphatic carbocycles. The molecular formula is C17H20N2. The largest absolute Gasteiger partial charge is 0.399 e. The van der Waals surface area contributed by atoms with Gasteiger partial charge < -0.3 is 11.5 Å². The summed E-state index contributed by atoms with van der Waals surface area (Å²) in [6.45, 7) is 6.09. The van der Waals surface area contributed by atoms with Gasteiger partial charge in [0.25, 0.3) is 0 Å². The predicted octanol–water partition coefficient (Wildman–Crippen LogP) is 3.95. The standard InChI is InChI=1S/C17H20N2/c1-12(2)11-17(13-3-7-15(18)8-4-13)14-5-9-16(19)10-6-14/h3-10,17H,1,11,18-19H2,2H3. The number of nitrogens with two attached hydrogens (primary N) is 2. The lowest BCUT2D eigenvalue weighted by Crippen LogP contribution is -2.02.